The summed E-state index contributed by atoms with van der Waals surface area (Å²) < 4.78 is 11.2. The lowest BCUT2D eigenvalue weighted by Gasteiger charge is -2.34. The van der Waals surface area contributed by atoms with Crippen LogP contribution in [0.25, 0.3) is 0 Å². The van der Waals surface area contributed by atoms with Crippen LogP contribution in [0.2, 0.25) is 0 Å². The molecule has 1 aromatic carbocycles. The van der Waals surface area contributed by atoms with E-state index in [1.165, 1.54) is 12.5 Å². The minimum absolute atomic E-state index is 0.0657. The smallest absolute Gasteiger partial charge is 0.315 e. The molecular formula is C21H26O4. The highest BCUT2D eigenvalue weighted by atomic mass is 16.5. The molecule has 0 fully saturated rings. The maximum absolute atomic E-state index is 12.4. The van der Waals surface area contributed by atoms with Crippen LogP contribution in [0.4, 0.5) is 0 Å². The summed E-state index contributed by atoms with van der Waals surface area (Å²) in [6, 6.07) is 3.90. The summed E-state index contributed by atoms with van der Waals surface area (Å²) in [6.07, 6.45) is 8.06. The van der Waals surface area contributed by atoms with E-state index in [2.05, 4.69) is 19.9 Å². The van der Waals surface area contributed by atoms with Gasteiger partial charge < -0.3 is 9.47 Å². The molecule has 0 amide bonds. The summed E-state index contributed by atoms with van der Waals surface area (Å²) in [5.74, 6) is 0.339. The van der Waals surface area contributed by atoms with Gasteiger partial charge in [-0.2, -0.15) is 0 Å². The molecule has 0 spiro atoms. The fourth-order valence-electron chi connectivity index (χ4n) is 3.83. The second-order valence-electron chi connectivity index (χ2n) is 7.16. The highest BCUT2D eigenvalue weighted by Crippen LogP contribution is 2.49. The Labute approximate surface area is 149 Å². The molecule has 0 bridgehead atoms. The maximum Gasteiger partial charge on any atom is 0.315 e. The van der Waals surface area contributed by atoms with Gasteiger partial charge in [0, 0.05) is 18.4 Å². The second kappa shape index (κ2) is 7.42. The lowest BCUT2D eigenvalue weighted by atomic mass is 9.75. The Morgan fingerprint density at radius 3 is 2.84 bits per heavy atom. The van der Waals surface area contributed by atoms with E-state index in [1.54, 1.807) is 0 Å². The number of carbonyl (C=O) groups is 2. The third-order valence-corrected chi connectivity index (χ3v) is 5.08. The molecule has 3 rings (SSSR count). The van der Waals surface area contributed by atoms with Gasteiger partial charge in [0.15, 0.2) is 0 Å². The molecule has 0 aromatic heterocycles. The van der Waals surface area contributed by atoms with Crippen LogP contribution in [-0.2, 0) is 16.0 Å². The predicted molar refractivity (Wildman–Crippen MR) is 95.8 cm³/mol. The molecule has 1 aromatic rings. The molecule has 0 saturated heterocycles. The monoisotopic (exact) mass is 342 g/mol. The molecule has 4 heteroatoms. The van der Waals surface area contributed by atoms with Crippen LogP contribution in [0.1, 0.15) is 69.9 Å². The van der Waals surface area contributed by atoms with Crippen LogP contribution in [0, 0.1) is 5.92 Å². The minimum atomic E-state index is -0.349. The summed E-state index contributed by atoms with van der Waals surface area (Å²) in [4.78, 5) is 24.1. The Balaban J connectivity index is 2.04. The van der Waals surface area contributed by atoms with Gasteiger partial charge in [-0.3, -0.25) is 9.59 Å². The first-order valence-electron chi connectivity index (χ1n) is 9.23. The average Bonchev–Trinajstić information content (AvgIpc) is 2.54. The third-order valence-electron chi connectivity index (χ3n) is 5.08. The van der Waals surface area contributed by atoms with E-state index < -0.39 is 0 Å². The third kappa shape index (κ3) is 3.78. The van der Waals surface area contributed by atoms with Crippen molar-refractivity contribution in [3.8, 4) is 11.5 Å². The molecule has 2 aliphatic rings. The van der Waals surface area contributed by atoms with Gasteiger partial charge in [-0.25, -0.2) is 0 Å². The Hall–Kier alpha value is -2.10. The van der Waals surface area contributed by atoms with Crippen molar-refractivity contribution in [1.82, 2.24) is 0 Å². The number of carbonyl (C=O) groups excluding carboxylic acids is 2. The van der Waals surface area contributed by atoms with E-state index in [1.807, 2.05) is 12.1 Å². The first kappa shape index (κ1) is 17.7. The number of benzene rings is 1. The van der Waals surface area contributed by atoms with Crippen LogP contribution < -0.4 is 9.47 Å². The lowest BCUT2D eigenvalue weighted by molar-refractivity contribution is -0.141. The largest absolute Gasteiger partial charge is 0.426 e. The molecule has 1 aliphatic carbocycles. The highest BCUT2D eigenvalue weighted by molar-refractivity contribution is 5.82. The summed E-state index contributed by atoms with van der Waals surface area (Å²) in [6.45, 7) is 5.65. The normalized spacial score (nSPS) is 21.7. The van der Waals surface area contributed by atoms with Crippen molar-refractivity contribution in [3.63, 3.8) is 0 Å². The van der Waals surface area contributed by atoms with Gasteiger partial charge in [0.1, 0.15) is 11.5 Å². The average molecular weight is 342 g/mol. The molecular weight excluding hydrogens is 316 g/mol. The fraction of sp³-hybridized carbons (Fsp3) is 0.524. The van der Waals surface area contributed by atoms with Gasteiger partial charge in [0.05, 0.1) is 5.92 Å². The lowest BCUT2D eigenvalue weighted by Crippen LogP contribution is -2.33. The number of fused-ring (bicyclic) bond motifs is 3. The van der Waals surface area contributed by atoms with Crippen molar-refractivity contribution >= 4 is 11.9 Å². The Morgan fingerprint density at radius 2 is 2.12 bits per heavy atom. The van der Waals surface area contributed by atoms with Crippen molar-refractivity contribution < 1.29 is 19.1 Å². The summed E-state index contributed by atoms with van der Waals surface area (Å²) >= 11 is 0. The van der Waals surface area contributed by atoms with E-state index in [-0.39, 0.29) is 23.8 Å². The van der Waals surface area contributed by atoms with Crippen molar-refractivity contribution in [2.45, 2.75) is 65.2 Å². The molecule has 2 atom stereocenters. The molecule has 0 N–H and O–H groups in total. The Bertz CT molecular complexity index is 717. The van der Waals surface area contributed by atoms with Gasteiger partial charge in [0.2, 0.25) is 0 Å². The van der Waals surface area contributed by atoms with Gasteiger partial charge in [0.25, 0.3) is 0 Å². The number of hydrogen-bond acceptors (Lipinski definition) is 4. The van der Waals surface area contributed by atoms with Crippen LogP contribution >= 0.6 is 0 Å². The van der Waals surface area contributed by atoms with E-state index in [0.717, 1.165) is 49.7 Å². The number of allylic oxidation sites excluding steroid dienone is 2. The number of rotatable bonds is 5. The van der Waals surface area contributed by atoms with E-state index >= 15 is 0 Å². The number of esters is 2. The van der Waals surface area contributed by atoms with Crippen molar-refractivity contribution in [1.29, 1.82) is 0 Å². The van der Waals surface area contributed by atoms with Crippen LogP contribution in [0.5, 0.6) is 11.5 Å². The first-order valence-corrected chi connectivity index (χ1v) is 9.23. The van der Waals surface area contributed by atoms with Gasteiger partial charge in [-0.1, -0.05) is 31.4 Å². The zero-order chi connectivity index (χ0) is 18.0. The minimum Gasteiger partial charge on any atom is -0.426 e. The predicted octanol–water partition coefficient (Wildman–Crippen LogP) is 4.70. The van der Waals surface area contributed by atoms with Crippen molar-refractivity contribution in [2.75, 3.05) is 0 Å². The molecule has 0 unspecified atom stereocenters. The van der Waals surface area contributed by atoms with Crippen LogP contribution in [0.15, 0.2) is 23.8 Å². The van der Waals surface area contributed by atoms with E-state index in [9.17, 15) is 9.59 Å². The zero-order valence-electron chi connectivity index (χ0n) is 15.3. The summed E-state index contributed by atoms with van der Waals surface area (Å²) in [5.41, 5.74) is 3.16. The molecule has 4 nitrogen and oxygen atoms in total. The summed E-state index contributed by atoms with van der Waals surface area (Å²) in [7, 11) is 0. The Morgan fingerprint density at radius 1 is 1.32 bits per heavy atom. The molecule has 134 valence electrons. The van der Waals surface area contributed by atoms with Crippen molar-refractivity contribution in [2.24, 2.45) is 5.92 Å². The molecule has 1 heterocycles. The second-order valence-corrected chi connectivity index (χ2v) is 7.16. The number of aryl methyl sites for hydroxylation is 1. The molecule has 25 heavy (non-hydrogen) atoms. The maximum atomic E-state index is 12.4. The van der Waals surface area contributed by atoms with Gasteiger partial charge >= 0.3 is 11.9 Å². The standard InChI is InChI=1S/C21H26O4/c1-4-5-6-7-15-11-18(24-14(3)22)20-17-10-13(2)8-9-16(17)21(23)25-19(20)12-15/h10-12,16-17H,4-9H2,1-3H3/t16-,17+/m0/s1. The van der Waals surface area contributed by atoms with E-state index in [4.69, 9.17) is 9.47 Å². The number of unbranched alkanes of at least 4 members (excludes halogenated alkanes) is 2. The Kier molecular flexibility index (Phi) is 5.26. The number of ether oxygens (including phenoxy) is 2. The quantitative estimate of drug-likeness (QED) is 0.337. The molecule has 0 radical (unpaired) electrons. The summed E-state index contributed by atoms with van der Waals surface area (Å²) in [5, 5.41) is 0. The molecule has 0 saturated carbocycles. The van der Waals surface area contributed by atoms with Crippen LogP contribution in [-0.4, -0.2) is 11.9 Å². The van der Waals surface area contributed by atoms with Crippen LogP contribution in [0.3, 0.4) is 0 Å². The topological polar surface area (TPSA) is 52.6 Å². The molecule has 1 aliphatic heterocycles. The first-order chi connectivity index (χ1) is 12.0. The fourth-order valence-corrected chi connectivity index (χ4v) is 3.83. The van der Waals surface area contributed by atoms with Crippen molar-refractivity contribution in [3.05, 3.63) is 34.9 Å². The highest BCUT2D eigenvalue weighted by Gasteiger charge is 2.40. The van der Waals surface area contributed by atoms with Gasteiger partial charge in [-0.05, 0) is 50.3 Å². The number of hydrogen-bond donors (Lipinski definition) is 0. The zero-order valence-corrected chi connectivity index (χ0v) is 15.3. The SMILES string of the molecule is CCCCCc1cc(OC(C)=O)c2c(c1)OC(=O)[C@H]1CCC(C)=C[C@@H]21. The van der Waals surface area contributed by atoms with Gasteiger partial charge in [-0.15, -0.1) is 0 Å². The van der Waals surface area contributed by atoms with E-state index in [0.29, 0.717) is 11.5 Å².